The zero-order chi connectivity index (χ0) is 18.2. The fourth-order valence-electron chi connectivity index (χ4n) is 4.46. The third-order valence-corrected chi connectivity index (χ3v) is 5.93. The first-order chi connectivity index (χ1) is 13.3. The molecule has 0 bridgehead atoms. The topological polar surface area (TPSA) is 77.6 Å². The summed E-state index contributed by atoms with van der Waals surface area (Å²) in [6, 6.07) is 5.45. The molecule has 0 amide bonds. The van der Waals surface area contributed by atoms with Crippen LogP contribution in [0.25, 0.3) is 11.0 Å². The first-order valence-corrected chi connectivity index (χ1v) is 9.77. The number of piperidine rings is 1. The number of hydrogen-bond donors (Lipinski definition) is 0. The summed E-state index contributed by atoms with van der Waals surface area (Å²) >= 11 is 0. The summed E-state index contributed by atoms with van der Waals surface area (Å²) in [5.41, 5.74) is 1.52. The van der Waals surface area contributed by atoms with Gasteiger partial charge in [0.05, 0.1) is 24.1 Å². The van der Waals surface area contributed by atoms with Crippen LogP contribution in [0, 0.1) is 5.82 Å². The highest BCUT2D eigenvalue weighted by atomic mass is 19.1. The maximum Gasteiger partial charge on any atom is 0.165 e. The molecule has 2 fully saturated rings. The highest BCUT2D eigenvalue weighted by Crippen LogP contribution is 2.30. The molecule has 142 valence electrons. The molecule has 5 rings (SSSR count). The number of benzene rings is 1. The van der Waals surface area contributed by atoms with Gasteiger partial charge in [-0.05, 0) is 48.2 Å². The van der Waals surface area contributed by atoms with Crippen LogP contribution in [0.4, 0.5) is 4.39 Å². The molecule has 0 spiro atoms. The van der Waals surface area contributed by atoms with Crippen molar-refractivity contribution in [2.45, 2.75) is 57.2 Å². The minimum absolute atomic E-state index is 0.274. The molecular weight excluding hydrogens is 347 g/mol. The summed E-state index contributed by atoms with van der Waals surface area (Å²) in [4.78, 5) is 2.41. The number of halogens is 1. The average Bonchev–Trinajstić information content (AvgIpc) is 3.42. The molecule has 1 saturated heterocycles. The van der Waals surface area contributed by atoms with E-state index >= 15 is 0 Å². The lowest BCUT2D eigenvalue weighted by molar-refractivity contribution is 0.167. The fraction of sp³-hybridized carbons (Fsp3) is 0.611. The summed E-state index contributed by atoms with van der Waals surface area (Å²) in [5, 5.41) is 20.8. The van der Waals surface area contributed by atoms with Gasteiger partial charge in [-0.2, -0.15) is 0 Å². The summed E-state index contributed by atoms with van der Waals surface area (Å²) < 4.78 is 17.4. The molecule has 0 N–H and O–H groups in total. The Morgan fingerprint density at radius 1 is 0.926 bits per heavy atom. The predicted octanol–water partition coefficient (Wildman–Crippen LogP) is 2.51. The Bertz CT molecular complexity index is 920. The largest absolute Gasteiger partial charge is 0.296 e. The molecule has 1 saturated carbocycles. The van der Waals surface area contributed by atoms with Crippen LogP contribution in [0.1, 0.15) is 56.4 Å². The molecule has 1 aromatic carbocycles. The van der Waals surface area contributed by atoms with E-state index in [1.54, 1.807) is 6.07 Å². The summed E-state index contributed by atoms with van der Waals surface area (Å²) in [6.45, 7) is 2.72. The Hall–Kier alpha value is -2.42. The molecule has 3 heterocycles. The molecule has 0 unspecified atom stereocenters. The van der Waals surface area contributed by atoms with E-state index < -0.39 is 0 Å². The van der Waals surface area contributed by atoms with Crippen LogP contribution in [-0.2, 0) is 6.54 Å². The van der Waals surface area contributed by atoms with Gasteiger partial charge in [0.2, 0.25) is 0 Å². The van der Waals surface area contributed by atoms with E-state index in [1.807, 2.05) is 9.36 Å². The van der Waals surface area contributed by atoms with Crippen molar-refractivity contribution in [3.8, 4) is 0 Å². The quantitative estimate of drug-likeness (QED) is 0.702. The second-order valence-electron chi connectivity index (χ2n) is 7.65. The van der Waals surface area contributed by atoms with Gasteiger partial charge >= 0.3 is 0 Å². The zero-order valence-electron chi connectivity index (χ0n) is 15.2. The van der Waals surface area contributed by atoms with Gasteiger partial charge in [0, 0.05) is 19.2 Å². The van der Waals surface area contributed by atoms with E-state index in [9.17, 15) is 4.39 Å². The van der Waals surface area contributed by atoms with Crippen LogP contribution in [-0.4, -0.2) is 53.2 Å². The van der Waals surface area contributed by atoms with Gasteiger partial charge < -0.3 is 0 Å². The molecule has 0 radical (unpaired) electrons. The summed E-state index contributed by atoms with van der Waals surface area (Å²) in [5.74, 6) is 0.700. The van der Waals surface area contributed by atoms with Gasteiger partial charge in [-0.3, -0.25) is 4.90 Å². The van der Waals surface area contributed by atoms with E-state index in [1.165, 1.54) is 37.8 Å². The van der Waals surface area contributed by atoms with Gasteiger partial charge in [-0.25, -0.2) is 13.8 Å². The van der Waals surface area contributed by atoms with Crippen LogP contribution in [0.5, 0.6) is 0 Å². The van der Waals surface area contributed by atoms with Crippen molar-refractivity contribution in [1.82, 2.24) is 40.1 Å². The van der Waals surface area contributed by atoms with Gasteiger partial charge in [-0.1, -0.05) is 18.1 Å². The SMILES string of the molecule is Fc1ccc2c(c1)nnn2C1CCN(Cc2nnnn2C2CCCC2)CC1. The predicted molar refractivity (Wildman–Crippen MR) is 96.4 cm³/mol. The molecule has 3 aromatic rings. The van der Waals surface area contributed by atoms with E-state index in [0.29, 0.717) is 17.6 Å². The normalized spacial score (nSPS) is 20.0. The third kappa shape index (κ3) is 3.20. The first-order valence-electron chi connectivity index (χ1n) is 9.77. The van der Waals surface area contributed by atoms with Crippen molar-refractivity contribution in [2.75, 3.05) is 13.1 Å². The minimum Gasteiger partial charge on any atom is -0.296 e. The van der Waals surface area contributed by atoms with E-state index in [4.69, 9.17) is 0 Å². The van der Waals surface area contributed by atoms with E-state index in [2.05, 4.69) is 30.7 Å². The highest BCUT2D eigenvalue weighted by Gasteiger charge is 2.26. The van der Waals surface area contributed by atoms with Crippen molar-refractivity contribution >= 4 is 11.0 Å². The van der Waals surface area contributed by atoms with E-state index in [0.717, 1.165) is 43.8 Å². The third-order valence-electron chi connectivity index (χ3n) is 5.93. The molecular formula is C18H23FN8. The number of fused-ring (bicyclic) bond motifs is 1. The van der Waals surface area contributed by atoms with Crippen molar-refractivity contribution < 1.29 is 4.39 Å². The van der Waals surface area contributed by atoms with Gasteiger partial charge in [0.15, 0.2) is 5.82 Å². The minimum atomic E-state index is -0.274. The molecule has 9 heteroatoms. The molecule has 8 nitrogen and oxygen atoms in total. The van der Waals surface area contributed by atoms with Crippen molar-refractivity contribution in [3.05, 3.63) is 29.8 Å². The standard InChI is InChI=1S/C18H23FN8/c19-13-5-6-17-16(11-13)20-23-26(17)15-7-9-25(10-8-15)12-18-21-22-24-27(18)14-3-1-2-4-14/h5-6,11,14-15H,1-4,7-10,12H2. The Kier molecular flexibility index (Phi) is 4.31. The van der Waals surface area contributed by atoms with Gasteiger partial charge in [0.1, 0.15) is 11.3 Å². The molecule has 2 aliphatic rings. The van der Waals surface area contributed by atoms with Crippen LogP contribution < -0.4 is 0 Å². The maximum absolute atomic E-state index is 13.4. The van der Waals surface area contributed by atoms with E-state index in [-0.39, 0.29) is 5.82 Å². The van der Waals surface area contributed by atoms with Gasteiger partial charge in [0.25, 0.3) is 0 Å². The molecule has 27 heavy (non-hydrogen) atoms. The number of hydrogen-bond acceptors (Lipinski definition) is 6. The maximum atomic E-state index is 13.4. The van der Waals surface area contributed by atoms with Crippen molar-refractivity contribution in [2.24, 2.45) is 0 Å². The number of rotatable bonds is 4. The molecule has 1 aliphatic carbocycles. The first kappa shape index (κ1) is 16.7. The number of aromatic nitrogens is 7. The lowest BCUT2D eigenvalue weighted by Crippen LogP contribution is -2.35. The molecule has 1 aliphatic heterocycles. The smallest absolute Gasteiger partial charge is 0.165 e. The van der Waals surface area contributed by atoms with Crippen molar-refractivity contribution in [3.63, 3.8) is 0 Å². The molecule has 2 aromatic heterocycles. The summed E-state index contributed by atoms with van der Waals surface area (Å²) in [7, 11) is 0. The fourth-order valence-corrected chi connectivity index (χ4v) is 4.46. The Balaban J connectivity index is 1.25. The Labute approximate surface area is 156 Å². The van der Waals surface area contributed by atoms with Crippen LogP contribution in [0.2, 0.25) is 0 Å². The van der Waals surface area contributed by atoms with Crippen LogP contribution in [0.3, 0.4) is 0 Å². The Morgan fingerprint density at radius 3 is 2.52 bits per heavy atom. The number of tetrazole rings is 1. The lowest BCUT2D eigenvalue weighted by Gasteiger charge is -2.31. The lowest BCUT2D eigenvalue weighted by atomic mass is 10.0. The Morgan fingerprint density at radius 2 is 1.70 bits per heavy atom. The summed E-state index contributed by atoms with van der Waals surface area (Å²) in [6.07, 6.45) is 6.87. The zero-order valence-corrected chi connectivity index (χ0v) is 15.2. The van der Waals surface area contributed by atoms with Crippen molar-refractivity contribution in [1.29, 1.82) is 0 Å². The second-order valence-corrected chi connectivity index (χ2v) is 7.65. The highest BCUT2D eigenvalue weighted by molar-refractivity contribution is 5.74. The number of nitrogens with zero attached hydrogens (tertiary/aromatic N) is 8. The van der Waals surface area contributed by atoms with Crippen LogP contribution >= 0.6 is 0 Å². The monoisotopic (exact) mass is 370 g/mol. The van der Waals surface area contributed by atoms with Gasteiger partial charge in [-0.15, -0.1) is 10.2 Å². The van der Waals surface area contributed by atoms with Crippen LogP contribution in [0.15, 0.2) is 18.2 Å². The second kappa shape index (κ2) is 6.95. The molecule has 0 atom stereocenters. The average molecular weight is 370 g/mol. The number of likely N-dealkylation sites (tertiary alicyclic amines) is 1.